The lowest BCUT2D eigenvalue weighted by atomic mass is 10.1. The second-order valence-corrected chi connectivity index (χ2v) is 8.22. The minimum atomic E-state index is -2.02. The Balaban J connectivity index is 2.09. The Hall–Kier alpha value is -1.17. The molecule has 0 atom stereocenters. The van der Waals surface area contributed by atoms with E-state index >= 15 is 0 Å². The highest BCUT2D eigenvalue weighted by molar-refractivity contribution is 6.76. The van der Waals surface area contributed by atoms with Crippen LogP contribution in [0.15, 0.2) is 24.3 Å². The van der Waals surface area contributed by atoms with Crippen LogP contribution in [0.2, 0.25) is 0 Å². The molecule has 0 bridgehead atoms. The largest absolute Gasteiger partial charge is 0.366 e. The molecule has 0 radical (unpaired) electrons. The number of amides is 2. The van der Waals surface area contributed by atoms with Crippen LogP contribution in [-0.4, -0.2) is 46.7 Å². The molecule has 1 N–H and O–H groups in total. The van der Waals surface area contributed by atoms with Crippen molar-refractivity contribution in [3.05, 3.63) is 24.3 Å². The van der Waals surface area contributed by atoms with Gasteiger partial charge >= 0.3 is 0 Å². The van der Waals surface area contributed by atoms with E-state index in [2.05, 4.69) is 10.2 Å². The number of alkyl halides is 3. The highest BCUT2D eigenvalue weighted by Gasteiger charge is 2.31. The van der Waals surface area contributed by atoms with Gasteiger partial charge in [0.25, 0.3) is 9.70 Å². The monoisotopic (exact) mass is 391 g/mol. The molecule has 0 spiro atoms. The number of nitrogens with zero attached hydrogens (tertiary/aromatic N) is 2. The zero-order valence-corrected chi connectivity index (χ0v) is 15.8. The van der Waals surface area contributed by atoms with Crippen LogP contribution >= 0.6 is 34.8 Å². The molecule has 1 aromatic carbocycles. The van der Waals surface area contributed by atoms with E-state index in [4.69, 9.17) is 34.8 Å². The van der Waals surface area contributed by atoms with Gasteiger partial charge in [-0.15, -0.1) is 0 Å². The fourth-order valence-corrected chi connectivity index (χ4v) is 2.72. The molecule has 1 aliphatic heterocycles. The molecule has 2 amide bonds. The zero-order valence-electron chi connectivity index (χ0n) is 13.6. The normalized spacial score (nSPS) is 15.6. The van der Waals surface area contributed by atoms with Crippen LogP contribution in [0.4, 0.5) is 11.4 Å². The number of hydrogen-bond acceptors (Lipinski definition) is 3. The standard InChI is InChI=1S/C16H20Cl3N3O2/c1-11(2)14(23)22-9-7-21(8-10-22)13-6-4-3-5-12(13)20-15(24)16(17,18)19/h3-6,11H,7-10H2,1-2H3,(H,20,24). The SMILES string of the molecule is CC(C)C(=O)N1CCN(c2ccccc2NC(=O)C(Cl)(Cl)Cl)CC1. The van der Waals surface area contributed by atoms with E-state index < -0.39 is 9.70 Å². The van der Waals surface area contributed by atoms with E-state index in [9.17, 15) is 9.59 Å². The van der Waals surface area contributed by atoms with Crippen molar-refractivity contribution in [2.45, 2.75) is 17.6 Å². The number of hydrogen-bond donors (Lipinski definition) is 1. The molecule has 132 valence electrons. The highest BCUT2D eigenvalue weighted by atomic mass is 35.6. The van der Waals surface area contributed by atoms with Crippen LogP contribution in [-0.2, 0) is 9.59 Å². The fraction of sp³-hybridized carbons (Fsp3) is 0.500. The Morgan fingerprint density at radius 1 is 1.08 bits per heavy atom. The summed E-state index contributed by atoms with van der Waals surface area (Å²) in [6, 6.07) is 7.34. The summed E-state index contributed by atoms with van der Waals surface area (Å²) in [4.78, 5) is 28.0. The molecule has 0 aliphatic carbocycles. The molecule has 24 heavy (non-hydrogen) atoms. The minimum Gasteiger partial charge on any atom is -0.366 e. The van der Waals surface area contributed by atoms with Crippen molar-refractivity contribution in [3.8, 4) is 0 Å². The van der Waals surface area contributed by atoms with Crippen LogP contribution in [0, 0.1) is 5.92 Å². The van der Waals surface area contributed by atoms with Crippen LogP contribution in [0.3, 0.4) is 0 Å². The average molecular weight is 393 g/mol. The molecule has 0 aromatic heterocycles. The molecule has 5 nitrogen and oxygen atoms in total. The predicted octanol–water partition coefficient (Wildman–Crippen LogP) is 3.30. The van der Waals surface area contributed by atoms with Gasteiger partial charge in [0, 0.05) is 32.1 Å². The number of halogens is 3. The van der Waals surface area contributed by atoms with E-state index in [0.717, 1.165) is 5.69 Å². The third kappa shape index (κ3) is 4.68. The molecule has 1 aliphatic rings. The van der Waals surface area contributed by atoms with Crippen molar-refractivity contribution >= 4 is 58.0 Å². The summed E-state index contributed by atoms with van der Waals surface area (Å²) in [5, 5.41) is 2.64. The summed E-state index contributed by atoms with van der Waals surface area (Å²) in [6.07, 6.45) is 0. The zero-order chi connectivity index (χ0) is 17.9. The summed E-state index contributed by atoms with van der Waals surface area (Å²) in [6.45, 7) is 6.44. The predicted molar refractivity (Wildman–Crippen MR) is 99.0 cm³/mol. The first-order valence-corrected chi connectivity index (χ1v) is 8.84. The van der Waals surface area contributed by atoms with Crippen LogP contribution in [0.25, 0.3) is 0 Å². The summed E-state index contributed by atoms with van der Waals surface area (Å²) < 4.78 is -2.02. The molecule has 1 aromatic rings. The lowest BCUT2D eigenvalue weighted by molar-refractivity contribution is -0.134. The van der Waals surface area contributed by atoms with E-state index in [1.807, 2.05) is 30.9 Å². The van der Waals surface area contributed by atoms with Crippen molar-refractivity contribution in [3.63, 3.8) is 0 Å². The lowest BCUT2D eigenvalue weighted by Crippen LogP contribution is -2.50. The second kappa shape index (κ2) is 7.81. The van der Waals surface area contributed by atoms with Gasteiger partial charge in [-0.3, -0.25) is 9.59 Å². The number of piperazine rings is 1. The van der Waals surface area contributed by atoms with Crippen LogP contribution in [0.1, 0.15) is 13.8 Å². The number of nitrogens with one attached hydrogen (secondary N) is 1. The molecule has 1 heterocycles. The van der Waals surface area contributed by atoms with Gasteiger partial charge in [0.2, 0.25) is 5.91 Å². The summed E-state index contributed by atoms with van der Waals surface area (Å²) in [5.74, 6) is -0.548. The molecule has 1 saturated heterocycles. The van der Waals surface area contributed by atoms with Crippen LogP contribution in [0.5, 0.6) is 0 Å². The van der Waals surface area contributed by atoms with Crippen molar-refractivity contribution < 1.29 is 9.59 Å². The van der Waals surface area contributed by atoms with Gasteiger partial charge < -0.3 is 15.1 Å². The van der Waals surface area contributed by atoms with Gasteiger partial charge in [-0.1, -0.05) is 60.8 Å². The maximum atomic E-state index is 12.1. The first-order valence-electron chi connectivity index (χ1n) is 7.71. The number of para-hydroxylation sites is 2. The lowest BCUT2D eigenvalue weighted by Gasteiger charge is -2.37. The van der Waals surface area contributed by atoms with Crippen LogP contribution < -0.4 is 10.2 Å². The first kappa shape index (κ1) is 19.2. The second-order valence-electron chi connectivity index (χ2n) is 5.94. The van der Waals surface area contributed by atoms with E-state index in [-0.39, 0.29) is 11.8 Å². The number of carbonyl (C=O) groups is 2. The van der Waals surface area contributed by atoms with Crippen molar-refractivity contribution in [1.82, 2.24) is 4.90 Å². The molecular formula is C16H20Cl3N3O2. The topological polar surface area (TPSA) is 52.7 Å². The minimum absolute atomic E-state index is 0.00703. The number of carbonyl (C=O) groups excluding carboxylic acids is 2. The van der Waals surface area contributed by atoms with E-state index in [0.29, 0.717) is 31.9 Å². The Morgan fingerprint density at radius 2 is 1.67 bits per heavy atom. The van der Waals surface area contributed by atoms with Crippen molar-refractivity contribution in [1.29, 1.82) is 0 Å². The number of anilines is 2. The Labute approximate surface area is 156 Å². The molecule has 0 saturated carbocycles. The Morgan fingerprint density at radius 3 is 2.21 bits per heavy atom. The average Bonchev–Trinajstić information content (AvgIpc) is 2.54. The smallest absolute Gasteiger partial charge is 0.276 e. The summed E-state index contributed by atoms with van der Waals surface area (Å²) in [5.41, 5.74) is 1.43. The molecule has 1 fully saturated rings. The quantitative estimate of drug-likeness (QED) is 0.803. The molecule has 0 unspecified atom stereocenters. The Bertz CT molecular complexity index is 609. The summed E-state index contributed by atoms with van der Waals surface area (Å²) >= 11 is 16.8. The van der Waals surface area contributed by atoms with Gasteiger partial charge in [-0.2, -0.15) is 0 Å². The van der Waals surface area contributed by atoms with Gasteiger partial charge in [0.15, 0.2) is 0 Å². The van der Waals surface area contributed by atoms with Crippen molar-refractivity contribution in [2.75, 3.05) is 36.4 Å². The van der Waals surface area contributed by atoms with E-state index in [1.165, 1.54) is 0 Å². The number of rotatable bonds is 3. The van der Waals surface area contributed by atoms with E-state index in [1.54, 1.807) is 12.1 Å². The Kier molecular flexibility index (Phi) is 6.23. The number of benzene rings is 1. The van der Waals surface area contributed by atoms with Gasteiger partial charge in [0.05, 0.1) is 11.4 Å². The third-order valence-corrected chi connectivity index (χ3v) is 4.35. The molecule has 2 rings (SSSR count). The molecular weight excluding hydrogens is 373 g/mol. The third-order valence-electron chi connectivity index (χ3n) is 3.84. The van der Waals surface area contributed by atoms with Gasteiger partial charge in [-0.25, -0.2) is 0 Å². The summed E-state index contributed by atoms with van der Waals surface area (Å²) in [7, 11) is 0. The highest BCUT2D eigenvalue weighted by Crippen LogP contribution is 2.31. The van der Waals surface area contributed by atoms with Gasteiger partial charge in [0.1, 0.15) is 0 Å². The first-order chi connectivity index (χ1) is 11.2. The molecule has 8 heteroatoms. The maximum absolute atomic E-state index is 12.1. The fourth-order valence-electron chi connectivity index (χ4n) is 2.58. The van der Waals surface area contributed by atoms with Crippen molar-refractivity contribution in [2.24, 2.45) is 5.92 Å². The maximum Gasteiger partial charge on any atom is 0.276 e. The van der Waals surface area contributed by atoms with Gasteiger partial charge in [-0.05, 0) is 12.1 Å².